The van der Waals surface area contributed by atoms with E-state index in [0.29, 0.717) is 5.56 Å². The van der Waals surface area contributed by atoms with Crippen LogP contribution in [0, 0.1) is 11.6 Å². The number of nitrogens with two attached hydrogens (primary N) is 1. The molecule has 0 fully saturated rings. The Labute approximate surface area is 125 Å². The average molecular weight is 333 g/mol. The van der Waals surface area contributed by atoms with Gasteiger partial charge in [0.15, 0.2) is 0 Å². The molecule has 0 saturated carbocycles. The molecule has 112 valence electrons. The van der Waals surface area contributed by atoms with Gasteiger partial charge in [0.25, 0.3) is 10.0 Å². The summed E-state index contributed by atoms with van der Waals surface area (Å²) in [5.74, 6) is -1.83. The molecule has 8 heteroatoms. The van der Waals surface area contributed by atoms with E-state index in [-0.39, 0.29) is 11.6 Å². The SMILES string of the molecule is NCc1ccc(F)c(S(=O)(=O)Nc2c(F)cccc2Cl)c1. The summed E-state index contributed by atoms with van der Waals surface area (Å²) in [5, 5.41) is -0.131. The largest absolute Gasteiger partial charge is 0.326 e. The van der Waals surface area contributed by atoms with E-state index in [9.17, 15) is 17.2 Å². The molecular formula is C13H11ClF2N2O2S. The van der Waals surface area contributed by atoms with Gasteiger partial charge in [0.2, 0.25) is 0 Å². The molecule has 0 aromatic heterocycles. The van der Waals surface area contributed by atoms with Gasteiger partial charge in [0.1, 0.15) is 22.2 Å². The Hall–Kier alpha value is -1.70. The van der Waals surface area contributed by atoms with Crippen molar-refractivity contribution in [2.24, 2.45) is 5.73 Å². The highest BCUT2D eigenvalue weighted by Gasteiger charge is 2.22. The Morgan fingerprint density at radius 3 is 2.48 bits per heavy atom. The lowest BCUT2D eigenvalue weighted by Crippen LogP contribution is -2.16. The first-order valence-electron chi connectivity index (χ1n) is 5.80. The number of rotatable bonds is 4. The number of benzene rings is 2. The summed E-state index contributed by atoms with van der Waals surface area (Å²) < 4.78 is 53.6. The minimum atomic E-state index is -4.33. The maximum Gasteiger partial charge on any atom is 0.264 e. The quantitative estimate of drug-likeness (QED) is 0.904. The van der Waals surface area contributed by atoms with Gasteiger partial charge in [-0.25, -0.2) is 17.2 Å². The number of halogens is 3. The van der Waals surface area contributed by atoms with Gasteiger partial charge in [-0.15, -0.1) is 0 Å². The highest BCUT2D eigenvalue weighted by molar-refractivity contribution is 7.92. The lowest BCUT2D eigenvalue weighted by atomic mass is 10.2. The second-order valence-corrected chi connectivity index (χ2v) is 6.23. The maximum atomic E-state index is 13.7. The molecule has 2 aromatic carbocycles. The van der Waals surface area contributed by atoms with Crippen LogP contribution in [0.3, 0.4) is 0 Å². The van der Waals surface area contributed by atoms with Crippen LogP contribution < -0.4 is 10.5 Å². The van der Waals surface area contributed by atoms with Gasteiger partial charge in [-0.1, -0.05) is 23.7 Å². The number of hydrogen-bond acceptors (Lipinski definition) is 3. The van der Waals surface area contributed by atoms with Crippen LogP contribution in [0.2, 0.25) is 5.02 Å². The smallest absolute Gasteiger partial charge is 0.264 e. The molecule has 2 aromatic rings. The van der Waals surface area contributed by atoms with E-state index in [1.807, 2.05) is 4.72 Å². The van der Waals surface area contributed by atoms with E-state index in [4.69, 9.17) is 17.3 Å². The first-order valence-corrected chi connectivity index (χ1v) is 7.66. The number of sulfonamides is 1. The predicted octanol–water partition coefficient (Wildman–Crippen LogP) is 2.88. The predicted molar refractivity (Wildman–Crippen MR) is 76.5 cm³/mol. The van der Waals surface area contributed by atoms with Crippen LogP contribution in [-0.2, 0) is 16.6 Å². The third kappa shape index (κ3) is 3.31. The van der Waals surface area contributed by atoms with Crippen LogP contribution in [0.1, 0.15) is 5.56 Å². The molecule has 0 unspecified atom stereocenters. The van der Waals surface area contributed by atoms with Crippen LogP contribution in [0.5, 0.6) is 0 Å². The monoisotopic (exact) mass is 332 g/mol. The van der Waals surface area contributed by atoms with Crippen molar-refractivity contribution < 1.29 is 17.2 Å². The number of nitrogens with one attached hydrogen (secondary N) is 1. The summed E-state index contributed by atoms with van der Waals surface area (Å²) in [7, 11) is -4.33. The van der Waals surface area contributed by atoms with Crippen molar-refractivity contribution in [2.45, 2.75) is 11.4 Å². The van der Waals surface area contributed by atoms with Gasteiger partial charge < -0.3 is 5.73 Å². The van der Waals surface area contributed by atoms with Crippen molar-refractivity contribution >= 4 is 27.3 Å². The van der Waals surface area contributed by atoms with Crippen LogP contribution >= 0.6 is 11.6 Å². The Balaban J connectivity index is 2.48. The summed E-state index contributed by atoms with van der Waals surface area (Å²) in [6.07, 6.45) is 0. The summed E-state index contributed by atoms with van der Waals surface area (Å²) in [4.78, 5) is -0.621. The molecule has 0 heterocycles. The zero-order valence-corrected chi connectivity index (χ0v) is 12.2. The Morgan fingerprint density at radius 1 is 1.14 bits per heavy atom. The first kappa shape index (κ1) is 15.7. The molecule has 0 saturated heterocycles. The average Bonchev–Trinajstić information content (AvgIpc) is 2.43. The Morgan fingerprint density at radius 2 is 1.86 bits per heavy atom. The zero-order valence-electron chi connectivity index (χ0n) is 10.6. The molecular weight excluding hydrogens is 322 g/mol. The highest BCUT2D eigenvalue weighted by Crippen LogP contribution is 2.28. The molecule has 0 amide bonds. The van der Waals surface area contributed by atoms with E-state index in [1.165, 1.54) is 18.2 Å². The van der Waals surface area contributed by atoms with Crippen LogP contribution in [0.15, 0.2) is 41.3 Å². The molecule has 2 rings (SSSR count). The van der Waals surface area contributed by atoms with E-state index in [1.54, 1.807) is 0 Å². The second kappa shape index (κ2) is 5.97. The van der Waals surface area contributed by atoms with Crippen molar-refractivity contribution in [1.82, 2.24) is 0 Å². The molecule has 0 aliphatic rings. The Bertz CT molecular complexity index is 761. The first-order chi connectivity index (χ1) is 9.85. The molecule has 0 spiro atoms. The van der Waals surface area contributed by atoms with Gasteiger partial charge in [-0.3, -0.25) is 4.72 Å². The highest BCUT2D eigenvalue weighted by atomic mass is 35.5. The van der Waals surface area contributed by atoms with Gasteiger partial charge in [0, 0.05) is 6.54 Å². The third-order valence-electron chi connectivity index (χ3n) is 2.72. The van der Waals surface area contributed by atoms with Crippen molar-refractivity contribution in [3.63, 3.8) is 0 Å². The summed E-state index contributed by atoms with van der Waals surface area (Å²) in [6.45, 7) is 0.0449. The molecule has 0 aliphatic heterocycles. The maximum absolute atomic E-state index is 13.7. The number of hydrogen-bond donors (Lipinski definition) is 2. The van der Waals surface area contributed by atoms with E-state index >= 15 is 0 Å². The van der Waals surface area contributed by atoms with Crippen molar-refractivity contribution in [3.05, 3.63) is 58.6 Å². The second-order valence-electron chi connectivity index (χ2n) is 4.17. The van der Waals surface area contributed by atoms with E-state index in [2.05, 4.69) is 0 Å². The molecule has 0 aliphatic carbocycles. The fourth-order valence-electron chi connectivity index (χ4n) is 1.67. The van der Waals surface area contributed by atoms with E-state index in [0.717, 1.165) is 18.2 Å². The van der Waals surface area contributed by atoms with Crippen LogP contribution in [-0.4, -0.2) is 8.42 Å². The van der Waals surface area contributed by atoms with Crippen LogP contribution in [0.25, 0.3) is 0 Å². The topological polar surface area (TPSA) is 72.2 Å². The van der Waals surface area contributed by atoms with Crippen molar-refractivity contribution in [2.75, 3.05) is 4.72 Å². The minimum absolute atomic E-state index is 0.0449. The molecule has 3 N–H and O–H groups in total. The van der Waals surface area contributed by atoms with Crippen molar-refractivity contribution in [1.29, 1.82) is 0 Å². The molecule has 4 nitrogen and oxygen atoms in total. The lowest BCUT2D eigenvalue weighted by Gasteiger charge is -2.12. The van der Waals surface area contributed by atoms with Crippen LogP contribution in [0.4, 0.5) is 14.5 Å². The fraction of sp³-hybridized carbons (Fsp3) is 0.0769. The Kier molecular flexibility index (Phi) is 4.46. The molecule has 0 bridgehead atoms. The standard InChI is InChI=1S/C13H11ClF2N2O2S/c14-9-2-1-3-11(16)13(9)18-21(19,20)12-6-8(7-17)4-5-10(12)15/h1-6,18H,7,17H2. The van der Waals surface area contributed by atoms with Gasteiger partial charge in [0.05, 0.1) is 5.02 Å². The van der Waals surface area contributed by atoms with Gasteiger partial charge >= 0.3 is 0 Å². The normalized spacial score (nSPS) is 11.4. The molecule has 21 heavy (non-hydrogen) atoms. The molecule has 0 atom stereocenters. The lowest BCUT2D eigenvalue weighted by molar-refractivity contribution is 0.568. The summed E-state index contributed by atoms with van der Waals surface area (Å²) >= 11 is 5.74. The van der Waals surface area contributed by atoms with Gasteiger partial charge in [-0.2, -0.15) is 0 Å². The summed E-state index contributed by atoms with van der Waals surface area (Å²) in [6, 6.07) is 7.12. The number of para-hydroxylation sites is 1. The van der Waals surface area contributed by atoms with Gasteiger partial charge in [-0.05, 0) is 29.8 Å². The zero-order chi connectivity index (χ0) is 15.6. The van der Waals surface area contributed by atoms with E-state index < -0.39 is 32.2 Å². The fourth-order valence-corrected chi connectivity index (χ4v) is 3.15. The third-order valence-corrected chi connectivity index (χ3v) is 4.40. The van der Waals surface area contributed by atoms with Crippen molar-refractivity contribution in [3.8, 4) is 0 Å². The molecule has 0 radical (unpaired) electrons. The number of anilines is 1. The summed E-state index contributed by atoms with van der Waals surface area (Å²) in [5.41, 5.74) is 5.39. The minimum Gasteiger partial charge on any atom is -0.326 e.